The summed E-state index contributed by atoms with van der Waals surface area (Å²) in [4.78, 5) is 14.2. The molecule has 2 nitrogen and oxygen atoms in total. The van der Waals surface area contributed by atoms with E-state index in [9.17, 15) is 4.79 Å². The van der Waals surface area contributed by atoms with E-state index in [4.69, 9.17) is 0 Å². The second-order valence-corrected chi connectivity index (χ2v) is 8.83. The standard InChI is InChI=1S/C23H40NOP/c1-6-7-8-9-10-11-12-20-13-15-21(16-14-20)22(19(4)5)24(23(25)26)17-18(2)3/h13-16,18-19,22H,6-12,17,26H2,1-5H3. The zero-order chi connectivity index (χ0) is 19.5. The molecule has 1 rings (SSSR count). The zero-order valence-corrected chi connectivity index (χ0v) is 18.8. The van der Waals surface area contributed by atoms with Gasteiger partial charge < -0.3 is 4.90 Å². The van der Waals surface area contributed by atoms with E-state index in [1.807, 2.05) is 4.90 Å². The van der Waals surface area contributed by atoms with Crippen LogP contribution in [0, 0.1) is 11.8 Å². The number of hydrogen-bond donors (Lipinski definition) is 0. The van der Waals surface area contributed by atoms with E-state index in [1.165, 1.54) is 49.7 Å². The van der Waals surface area contributed by atoms with Crippen LogP contribution in [0.4, 0.5) is 4.79 Å². The Labute approximate surface area is 164 Å². The molecule has 0 spiro atoms. The van der Waals surface area contributed by atoms with Gasteiger partial charge in [0.2, 0.25) is 5.65 Å². The number of rotatable bonds is 12. The molecule has 1 amide bonds. The predicted octanol–water partition coefficient (Wildman–Crippen LogP) is 7.24. The van der Waals surface area contributed by atoms with Crippen molar-refractivity contribution in [3.63, 3.8) is 0 Å². The summed E-state index contributed by atoms with van der Waals surface area (Å²) in [6, 6.07) is 9.14. The van der Waals surface area contributed by atoms with Gasteiger partial charge in [-0.2, -0.15) is 0 Å². The molecule has 0 bridgehead atoms. The minimum atomic E-state index is 0.0913. The topological polar surface area (TPSA) is 20.3 Å². The van der Waals surface area contributed by atoms with Crippen molar-refractivity contribution in [1.82, 2.24) is 4.90 Å². The Morgan fingerprint density at radius 3 is 2.04 bits per heavy atom. The number of carbonyl (C=O) groups excluding carboxylic acids is 1. The number of nitrogens with zero attached hydrogens (tertiary/aromatic N) is 1. The van der Waals surface area contributed by atoms with Crippen LogP contribution in [-0.2, 0) is 6.42 Å². The molecule has 2 unspecified atom stereocenters. The molecule has 0 saturated heterocycles. The van der Waals surface area contributed by atoms with Gasteiger partial charge in [0, 0.05) is 6.54 Å². The molecule has 0 radical (unpaired) electrons. The number of unbranched alkanes of at least 4 members (excludes halogenated alkanes) is 5. The van der Waals surface area contributed by atoms with Gasteiger partial charge in [-0.25, -0.2) is 0 Å². The molecule has 3 heteroatoms. The van der Waals surface area contributed by atoms with E-state index in [1.54, 1.807) is 0 Å². The van der Waals surface area contributed by atoms with Gasteiger partial charge in [-0.15, -0.1) is 0 Å². The Morgan fingerprint density at radius 2 is 1.54 bits per heavy atom. The van der Waals surface area contributed by atoms with Crippen LogP contribution >= 0.6 is 9.24 Å². The molecule has 148 valence electrons. The molecule has 26 heavy (non-hydrogen) atoms. The third kappa shape index (κ3) is 8.21. The number of hydrogen-bond acceptors (Lipinski definition) is 1. The molecule has 1 aromatic carbocycles. The van der Waals surface area contributed by atoms with Crippen LogP contribution in [0.15, 0.2) is 24.3 Å². The van der Waals surface area contributed by atoms with Gasteiger partial charge in [-0.1, -0.05) is 91.0 Å². The first-order chi connectivity index (χ1) is 12.4. The van der Waals surface area contributed by atoms with Gasteiger partial charge in [0.25, 0.3) is 0 Å². The van der Waals surface area contributed by atoms with E-state index in [2.05, 4.69) is 68.1 Å². The molecular weight excluding hydrogens is 337 g/mol. The molecule has 0 aliphatic rings. The highest BCUT2D eigenvalue weighted by Gasteiger charge is 2.26. The summed E-state index contributed by atoms with van der Waals surface area (Å²) in [5, 5.41) is 0. The lowest BCUT2D eigenvalue weighted by Gasteiger charge is -2.35. The van der Waals surface area contributed by atoms with Gasteiger partial charge in [-0.3, -0.25) is 4.79 Å². The summed E-state index contributed by atoms with van der Waals surface area (Å²) < 4.78 is 0. The van der Waals surface area contributed by atoms with Crippen molar-refractivity contribution in [1.29, 1.82) is 0 Å². The molecule has 0 aliphatic carbocycles. The lowest BCUT2D eigenvalue weighted by Crippen LogP contribution is -2.36. The quantitative estimate of drug-likeness (QED) is 0.278. The minimum absolute atomic E-state index is 0.0913. The first-order valence-corrected chi connectivity index (χ1v) is 11.1. The number of carbonyl (C=O) groups is 1. The van der Waals surface area contributed by atoms with E-state index >= 15 is 0 Å². The van der Waals surface area contributed by atoms with Gasteiger partial charge in [0.05, 0.1) is 6.04 Å². The summed E-state index contributed by atoms with van der Waals surface area (Å²) >= 11 is 0. The summed E-state index contributed by atoms with van der Waals surface area (Å²) in [6.45, 7) is 11.8. The first kappa shape index (κ1) is 23.2. The van der Waals surface area contributed by atoms with Gasteiger partial charge >= 0.3 is 0 Å². The van der Waals surface area contributed by atoms with E-state index in [0.29, 0.717) is 11.8 Å². The van der Waals surface area contributed by atoms with Crippen LogP contribution in [0.3, 0.4) is 0 Å². The van der Waals surface area contributed by atoms with E-state index in [-0.39, 0.29) is 11.7 Å². The molecule has 2 atom stereocenters. The normalized spacial score (nSPS) is 12.6. The highest BCUT2D eigenvalue weighted by atomic mass is 31.0. The predicted molar refractivity (Wildman–Crippen MR) is 118 cm³/mol. The lowest BCUT2D eigenvalue weighted by molar-refractivity contribution is 0.166. The fourth-order valence-electron chi connectivity index (χ4n) is 3.65. The Balaban J connectivity index is 2.71. The SMILES string of the molecule is CCCCCCCCc1ccc(C(C(C)C)N(CC(C)C)C(=O)P)cc1. The highest BCUT2D eigenvalue weighted by molar-refractivity contribution is 7.39. The summed E-state index contributed by atoms with van der Waals surface area (Å²) in [7, 11) is 2.36. The van der Waals surface area contributed by atoms with Crippen molar-refractivity contribution in [3.05, 3.63) is 35.4 Å². The highest BCUT2D eigenvalue weighted by Crippen LogP contribution is 2.31. The maximum absolute atomic E-state index is 12.2. The van der Waals surface area contributed by atoms with Crippen LogP contribution < -0.4 is 0 Å². The van der Waals surface area contributed by atoms with Crippen molar-refractivity contribution < 1.29 is 4.79 Å². The molecule has 0 aliphatic heterocycles. The van der Waals surface area contributed by atoms with Crippen LogP contribution in [0.5, 0.6) is 0 Å². The molecule has 1 aromatic rings. The average Bonchev–Trinajstić information content (AvgIpc) is 2.58. The van der Waals surface area contributed by atoms with Crippen molar-refractivity contribution in [2.75, 3.05) is 6.54 Å². The second-order valence-electron chi connectivity index (χ2n) is 8.33. The summed E-state index contributed by atoms with van der Waals surface area (Å²) in [6.07, 6.45) is 9.19. The van der Waals surface area contributed by atoms with Crippen molar-refractivity contribution >= 4 is 14.9 Å². The van der Waals surface area contributed by atoms with Crippen LogP contribution in [0.2, 0.25) is 0 Å². The molecule has 0 heterocycles. The Morgan fingerprint density at radius 1 is 0.962 bits per heavy atom. The van der Waals surface area contributed by atoms with Crippen molar-refractivity contribution in [2.24, 2.45) is 11.8 Å². The van der Waals surface area contributed by atoms with Crippen LogP contribution in [0.1, 0.15) is 90.3 Å². The fourth-order valence-corrected chi connectivity index (χ4v) is 3.92. The first-order valence-electron chi connectivity index (χ1n) is 10.5. The van der Waals surface area contributed by atoms with E-state index in [0.717, 1.165) is 13.0 Å². The Bertz CT molecular complexity index is 509. The second kappa shape index (κ2) is 12.5. The smallest absolute Gasteiger partial charge is 0.237 e. The summed E-state index contributed by atoms with van der Waals surface area (Å²) in [5.41, 5.74) is 2.76. The number of benzene rings is 1. The van der Waals surface area contributed by atoms with Gasteiger partial charge in [-0.05, 0) is 45.0 Å². The average molecular weight is 378 g/mol. The fraction of sp³-hybridized carbons (Fsp3) is 0.696. The van der Waals surface area contributed by atoms with Gasteiger partial charge in [0.1, 0.15) is 0 Å². The Kier molecular flexibility index (Phi) is 11.1. The zero-order valence-electron chi connectivity index (χ0n) is 17.6. The number of amides is 1. The minimum Gasteiger partial charge on any atom is -0.332 e. The third-order valence-corrected chi connectivity index (χ3v) is 5.28. The molecule has 0 fully saturated rings. The molecule has 0 aromatic heterocycles. The maximum atomic E-state index is 12.2. The Hall–Kier alpha value is -0.880. The van der Waals surface area contributed by atoms with Crippen LogP contribution in [-0.4, -0.2) is 17.1 Å². The lowest BCUT2D eigenvalue weighted by atomic mass is 9.92. The van der Waals surface area contributed by atoms with Crippen LogP contribution in [0.25, 0.3) is 0 Å². The monoisotopic (exact) mass is 377 g/mol. The van der Waals surface area contributed by atoms with Gasteiger partial charge in [0.15, 0.2) is 0 Å². The third-order valence-electron chi connectivity index (χ3n) is 4.95. The molecular formula is C23H40NOP. The van der Waals surface area contributed by atoms with E-state index < -0.39 is 0 Å². The summed E-state index contributed by atoms with van der Waals surface area (Å²) in [5.74, 6) is 0.857. The molecule has 0 N–H and O–H groups in total. The number of aryl methyl sites for hydroxylation is 1. The largest absolute Gasteiger partial charge is 0.332 e. The van der Waals surface area contributed by atoms with Crippen molar-refractivity contribution in [2.45, 2.75) is 85.6 Å². The van der Waals surface area contributed by atoms with Crippen molar-refractivity contribution in [3.8, 4) is 0 Å². The maximum Gasteiger partial charge on any atom is 0.237 e. The molecule has 0 saturated carbocycles.